The van der Waals surface area contributed by atoms with Gasteiger partial charge >= 0.3 is 0 Å². The molecule has 2 aliphatic rings. The first-order chi connectivity index (χ1) is 15.2. The van der Waals surface area contributed by atoms with Gasteiger partial charge in [0.1, 0.15) is 25.8 Å². The quantitative estimate of drug-likeness (QED) is 0.623. The summed E-state index contributed by atoms with van der Waals surface area (Å²) in [4.78, 5) is 2.93. The first-order valence-electron chi connectivity index (χ1n) is 9.61. The van der Waals surface area contributed by atoms with Crippen LogP contribution >= 0.6 is 0 Å². The largest absolute Gasteiger partial charge is 0.497 e. The van der Waals surface area contributed by atoms with E-state index in [1.165, 1.54) is 46.8 Å². The molecule has 2 heterocycles. The fraction of sp³-hybridized carbons (Fsp3) is 0.0870. The molecule has 2 aliphatic heterocycles. The van der Waals surface area contributed by atoms with Gasteiger partial charge in [-0.3, -0.25) is 0 Å². The summed E-state index contributed by atoms with van der Waals surface area (Å²) >= 11 is 0. The molecule has 0 radical (unpaired) electrons. The van der Waals surface area contributed by atoms with E-state index in [2.05, 4.69) is 46.4 Å². The molecule has 1 N–H and O–H groups in total. The molecule has 0 unspecified atom stereocenters. The van der Waals surface area contributed by atoms with Gasteiger partial charge < -0.3 is 8.86 Å². The zero-order valence-electron chi connectivity index (χ0n) is 17.3. The number of allylic oxidation sites excluding steroid dienone is 1. The molecule has 7 nitrogen and oxygen atoms in total. The number of nitrogens with zero attached hydrogens (tertiary/aromatic N) is 1. The molecule has 0 spiro atoms. The smallest absolute Gasteiger partial charge is 0.211 e. The lowest BCUT2D eigenvalue weighted by atomic mass is 10.0. The van der Waals surface area contributed by atoms with E-state index in [1.54, 1.807) is 7.11 Å². The molecule has 5 rings (SSSR count). The lowest BCUT2D eigenvalue weighted by Crippen LogP contribution is -2.62. The predicted molar refractivity (Wildman–Crippen MR) is 123 cm³/mol. The standard InChI is InChI=1S/C17H15NO.C6H4NO4S2/c1-12-16(15-8-3-4-9-17(15)18-12)11-13-6-5-7-14(10-13)19-2;8-12(9)5-3-1-2-4-6(5)13(10,11)7-12/h3-11H,1-2H3;1-4H/q;-1/p+1/b16-11+;. The minimum absolute atomic E-state index is 0.241. The van der Waals surface area contributed by atoms with Crippen LogP contribution in [-0.4, -0.2) is 29.7 Å². The maximum atomic E-state index is 11.1. The SMILES string of the molecule is COc1cccc(/C=C2\C(C)=[NH+]c3ccccc32)c1.O=S1(=O)[N-]S(=O)(=O)c2ccccc21. The third-order valence-corrected chi connectivity index (χ3v) is 8.47. The third-order valence-electron chi connectivity index (χ3n) is 4.95. The van der Waals surface area contributed by atoms with Crippen molar-refractivity contribution in [2.75, 3.05) is 7.11 Å². The lowest BCUT2D eigenvalue weighted by molar-refractivity contribution is -0.349. The number of hydrogen-bond acceptors (Lipinski definition) is 5. The van der Waals surface area contributed by atoms with Gasteiger partial charge in [0.15, 0.2) is 5.71 Å². The van der Waals surface area contributed by atoms with Gasteiger partial charge in [-0.25, -0.2) is 21.8 Å². The number of rotatable bonds is 2. The summed E-state index contributed by atoms with van der Waals surface area (Å²) in [6.45, 7) is 2.10. The van der Waals surface area contributed by atoms with Crippen LogP contribution in [0.1, 0.15) is 18.1 Å². The van der Waals surface area contributed by atoms with Gasteiger partial charge in [0.2, 0.25) is 5.69 Å². The predicted octanol–water partition coefficient (Wildman–Crippen LogP) is 2.87. The van der Waals surface area contributed by atoms with E-state index in [9.17, 15) is 16.8 Å². The van der Waals surface area contributed by atoms with Crippen molar-refractivity contribution in [3.8, 4) is 5.75 Å². The Labute approximate surface area is 187 Å². The Hall–Kier alpha value is -3.27. The van der Waals surface area contributed by atoms with Crippen molar-refractivity contribution in [2.24, 2.45) is 0 Å². The fourth-order valence-electron chi connectivity index (χ4n) is 3.47. The minimum atomic E-state index is -3.98. The number of benzene rings is 3. The van der Waals surface area contributed by atoms with Gasteiger partial charge in [-0.05, 0) is 42.0 Å². The normalized spacial score (nSPS) is 18.2. The summed E-state index contributed by atoms with van der Waals surface area (Å²) in [5.74, 6) is 0.881. The average molecular weight is 469 g/mol. The van der Waals surface area contributed by atoms with Crippen LogP contribution in [0.4, 0.5) is 5.69 Å². The maximum Gasteiger partial charge on any atom is 0.211 e. The maximum absolute atomic E-state index is 11.1. The monoisotopic (exact) mass is 468 g/mol. The molecule has 164 valence electrons. The third kappa shape index (κ3) is 4.22. The number of sulfonamides is 2. The fourth-order valence-corrected chi connectivity index (χ4v) is 6.92. The first-order valence-corrected chi connectivity index (χ1v) is 12.5. The molecular weight excluding hydrogens is 448 g/mol. The Morgan fingerprint density at radius 3 is 2.12 bits per heavy atom. The lowest BCUT2D eigenvalue weighted by Gasteiger charge is -2.05. The van der Waals surface area contributed by atoms with Crippen LogP contribution < -0.4 is 9.73 Å². The minimum Gasteiger partial charge on any atom is -0.497 e. The Kier molecular flexibility index (Phi) is 5.72. The molecule has 3 aromatic rings. The van der Waals surface area contributed by atoms with Gasteiger partial charge in [-0.15, -0.1) is 0 Å². The van der Waals surface area contributed by atoms with Crippen LogP contribution in [0, 0.1) is 0 Å². The van der Waals surface area contributed by atoms with E-state index >= 15 is 0 Å². The van der Waals surface area contributed by atoms with Crippen LogP contribution in [0.3, 0.4) is 0 Å². The molecule has 0 bridgehead atoms. The Bertz CT molecular complexity index is 1420. The number of nitrogens with one attached hydrogen (secondary N) is 1. The zero-order valence-corrected chi connectivity index (χ0v) is 18.9. The molecule has 0 saturated carbocycles. The molecule has 0 saturated heterocycles. The highest BCUT2D eigenvalue weighted by Gasteiger charge is 2.26. The molecule has 0 aliphatic carbocycles. The highest BCUT2D eigenvalue weighted by atomic mass is 32.3. The van der Waals surface area contributed by atoms with Crippen LogP contribution in [0.2, 0.25) is 0 Å². The van der Waals surface area contributed by atoms with Gasteiger partial charge in [0.05, 0.1) is 28.0 Å². The van der Waals surface area contributed by atoms with E-state index in [-0.39, 0.29) is 9.79 Å². The number of hydrogen-bond donors (Lipinski definition) is 1. The molecule has 3 aromatic carbocycles. The Balaban J connectivity index is 0.000000165. The highest BCUT2D eigenvalue weighted by Crippen LogP contribution is 2.37. The van der Waals surface area contributed by atoms with E-state index in [4.69, 9.17) is 4.74 Å². The topological polar surface area (TPSA) is 106 Å². The second-order valence-corrected chi connectivity index (χ2v) is 10.5. The summed E-state index contributed by atoms with van der Waals surface area (Å²) in [7, 11) is -6.26. The second kappa shape index (κ2) is 8.34. The van der Waals surface area contributed by atoms with Crippen LogP contribution in [0.25, 0.3) is 15.8 Å². The number of para-hydroxylation sites is 1. The van der Waals surface area contributed by atoms with Crippen molar-refractivity contribution >= 4 is 43.1 Å². The molecule has 0 atom stereocenters. The summed E-state index contributed by atoms with van der Waals surface area (Å²) in [6.07, 6.45) is 2.19. The first kappa shape index (κ1) is 21.9. The van der Waals surface area contributed by atoms with E-state index < -0.39 is 20.0 Å². The molecule has 0 aromatic heterocycles. The summed E-state index contributed by atoms with van der Waals surface area (Å²) in [6, 6.07) is 21.8. The van der Waals surface area contributed by atoms with Crippen molar-refractivity contribution in [1.82, 2.24) is 0 Å². The average Bonchev–Trinajstić information content (AvgIpc) is 3.18. The zero-order chi connectivity index (χ0) is 22.9. The molecule has 32 heavy (non-hydrogen) atoms. The molecular formula is C23H20N2O5S2. The molecule has 9 heteroatoms. The highest BCUT2D eigenvalue weighted by molar-refractivity contribution is 8.14. The van der Waals surface area contributed by atoms with Crippen LogP contribution in [0.15, 0.2) is 82.6 Å². The van der Waals surface area contributed by atoms with Crippen molar-refractivity contribution in [2.45, 2.75) is 16.7 Å². The van der Waals surface area contributed by atoms with Crippen molar-refractivity contribution in [3.05, 3.63) is 88.1 Å². The summed E-state index contributed by atoms with van der Waals surface area (Å²) in [5.41, 5.74) is 6.00. The Morgan fingerprint density at radius 1 is 0.844 bits per heavy atom. The second-order valence-electron chi connectivity index (χ2n) is 7.10. The van der Waals surface area contributed by atoms with E-state index in [0.29, 0.717) is 0 Å². The van der Waals surface area contributed by atoms with Gasteiger partial charge in [0, 0.05) is 13.0 Å². The van der Waals surface area contributed by atoms with Crippen LogP contribution in [-0.2, 0) is 20.0 Å². The Morgan fingerprint density at radius 2 is 1.47 bits per heavy atom. The number of methoxy groups -OCH3 is 1. The van der Waals surface area contributed by atoms with E-state index in [1.807, 2.05) is 24.3 Å². The summed E-state index contributed by atoms with van der Waals surface area (Å²) in [5, 5.41) is 0. The number of fused-ring (bicyclic) bond motifs is 2. The molecule has 0 fully saturated rings. The van der Waals surface area contributed by atoms with Crippen molar-refractivity contribution in [1.29, 1.82) is 0 Å². The van der Waals surface area contributed by atoms with Crippen molar-refractivity contribution in [3.63, 3.8) is 0 Å². The van der Waals surface area contributed by atoms with Gasteiger partial charge in [0.25, 0.3) is 0 Å². The van der Waals surface area contributed by atoms with E-state index in [0.717, 1.165) is 11.3 Å². The molecule has 0 amide bonds. The summed E-state index contributed by atoms with van der Waals surface area (Å²) < 4.78 is 52.5. The van der Waals surface area contributed by atoms with Gasteiger partial charge in [-0.2, -0.15) is 0 Å². The van der Waals surface area contributed by atoms with Crippen LogP contribution in [0.5, 0.6) is 5.75 Å². The van der Waals surface area contributed by atoms with Crippen molar-refractivity contribution < 1.29 is 26.6 Å². The number of ether oxygens (including phenoxy) is 1. The van der Waals surface area contributed by atoms with Gasteiger partial charge in [-0.1, -0.05) is 36.4 Å².